The highest BCUT2D eigenvalue weighted by Crippen LogP contribution is 2.38. The first-order chi connectivity index (χ1) is 14.2. The van der Waals surface area contributed by atoms with Crippen molar-refractivity contribution in [2.75, 3.05) is 35.8 Å². The molecule has 0 atom stereocenters. The summed E-state index contributed by atoms with van der Waals surface area (Å²) < 4.78 is 6.10. The van der Waals surface area contributed by atoms with E-state index in [-0.39, 0.29) is 6.03 Å². The minimum absolute atomic E-state index is 0.270. The maximum absolute atomic E-state index is 13.1. The fraction of sp³-hybridized carbons (Fsp3) is 0.318. The number of carbonyl (C=O) groups is 1. The highest BCUT2D eigenvalue weighted by atomic mass is 32.1. The van der Waals surface area contributed by atoms with Crippen molar-refractivity contribution in [3.63, 3.8) is 0 Å². The van der Waals surface area contributed by atoms with Crippen molar-refractivity contribution in [2.24, 2.45) is 0 Å². The van der Waals surface area contributed by atoms with Crippen LogP contribution in [0.1, 0.15) is 19.5 Å². The van der Waals surface area contributed by atoms with E-state index in [2.05, 4.69) is 16.4 Å². The van der Waals surface area contributed by atoms with Crippen molar-refractivity contribution in [1.82, 2.24) is 9.97 Å². The van der Waals surface area contributed by atoms with Gasteiger partial charge in [-0.25, -0.2) is 14.8 Å². The number of rotatable bonds is 3. The van der Waals surface area contributed by atoms with E-state index < -0.39 is 5.60 Å². The molecule has 3 heterocycles. The molecule has 2 amide bonds. The van der Waals surface area contributed by atoms with Gasteiger partial charge in [0.15, 0.2) is 16.7 Å². The van der Waals surface area contributed by atoms with Crippen molar-refractivity contribution >= 4 is 34.0 Å². The number of fused-ring (bicyclic) bond motifs is 1. The number of anilines is 3. The molecule has 0 saturated heterocycles. The molecule has 8 heteroatoms. The summed E-state index contributed by atoms with van der Waals surface area (Å²) in [5, 5.41) is 5.36. The van der Waals surface area contributed by atoms with Crippen LogP contribution in [0.5, 0.6) is 5.75 Å². The Balaban J connectivity index is 1.71. The van der Waals surface area contributed by atoms with E-state index >= 15 is 0 Å². The summed E-state index contributed by atoms with van der Waals surface area (Å²) in [5.74, 6) is 1.09. The molecule has 7 nitrogen and oxygen atoms in total. The first-order valence-corrected chi connectivity index (χ1v) is 10.6. The van der Waals surface area contributed by atoms with Crippen molar-refractivity contribution in [3.05, 3.63) is 47.5 Å². The molecule has 30 heavy (non-hydrogen) atoms. The van der Waals surface area contributed by atoms with Gasteiger partial charge in [0.25, 0.3) is 0 Å². The molecule has 0 saturated carbocycles. The second-order valence-corrected chi connectivity index (χ2v) is 8.99. The van der Waals surface area contributed by atoms with E-state index in [9.17, 15) is 4.79 Å². The molecule has 1 aliphatic heterocycles. The van der Waals surface area contributed by atoms with Crippen molar-refractivity contribution in [1.29, 1.82) is 0 Å². The van der Waals surface area contributed by atoms with Crippen molar-refractivity contribution in [3.8, 4) is 17.0 Å². The molecule has 0 fully saturated rings. The zero-order valence-electron chi connectivity index (χ0n) is 17.8. The molecule has 1 aliphatic rings. The molecule has 1 aromatic carbocycles. The second kappa shape index (κ2) is 7.60. The predicted molar refractivity (Wildman–Crippen MR) is 122 cm³/mol. The first kappa shape index (κ1) is 20.2. The van der Waals surface area contributed by atoms with E-state index in [1.54, 1.807) is 4.90 Å². The lowest BCUT2D eigenvalue weighted by molar-refractivity contribution is 0.106. The molecule has 156 valence electrons. The molecule has 3 aromatic rings. The number of ether oxygens (including phenoxy) is 1. The van der Waals surface area contributed by atoms with Crippen LogP contribution >= 0.6 is 11.3 Å². The first-order valence-electron chi connectivity index (χ1n) is 9.70. The van der Waals surface area contributed by atoms with Gasteiger partial charge in [-0.05, 0) is 45.0 Å². The quantitative estimate of drug-likeness (QED) is 0.656. The smallest absolute Gasteiger partial charge is 0.329 e. The maximum atomic E-state index is 13.1. The molecule has 1 N–H and O–H groups in total. The molecule has 0 spiro atoms. The van der Waals surface area contributed by atoms with Crippen LogP contribution in [0.4, 0.5) is 21.4 Å². The number of hydrogen-bond acceptors (Lipinski definition) is 6. The monoisotopic (exact) mass is 423 g/mol. The Labute approximate surface area is 180 Å². The Morgan fingerprint density at radius 2 is 2.03 bits per heavy atom. The average Bonchev–Trinajstić information content (AvgIpc) is 3.11. The van der Waals surface area contributed by atoms with Gasteiger partial charge in [0, 0.05) is 30.7 Å². The maximum Gasteiger partial charge on any atom is 0.329 e. The molecule has 4 rings (SSSR count). The predicted octanol–water partition coefficient (Wildman–Crippen LogP) is 4.79. The van der Waals surface area contributed by atoms with Gasteiger partial charge in [0.2, 0.25) is 0 Å². The number of urea groups is 1. The summed E-state index contributed by atoms with van der Waals surface area (Å²) in [6, 6.07) is 11.7. The third-order valence-corrected chi connectivity index (χ3v) is 5.63. The molecule has 0 aliphatic carbocycles. The van der Waals surface area contributed by atoms with Crippen molar-refractivity contribution in [2.45, 2.75) is 26.4 Å². The van der Waals surface area contributed by atoms with E-state index in [1.165, 1.54) is 11.3 Å². The highest BCUT2D eigenvalue weighted by Gasteiger charge is 2.36. The summed E-state index contributed by atoms with van der Waals surface area (Å²) >= 11 is 1.40. The summed E-state index contributed by atoms with van der Waals surface area (Å²) in [5.41, 5.74) is 3.18. The van der Waals surface area contributed by atoms with Crippen LogP contribution in [-0.4, -0.2) is 42.2 Å². The molecular weight excluding hydrogens is 398 g/mol. The van der Waals surface area contributed by atoms with Crippen LogP contribution in [-0.2, 0) is 0 Å². The van der Waals surface area contributed by atoms with Gasteiger partial charge in [0.05, 0.1) is 17.9 Å². The largest absolute Gasteiger partial charge is 0.482 e. The molecule has 0 unspecified atom stereocenters. The third kappa shape index (κ3) is 4.09. The molecule has 0 bridgehead atoms. The summed E-state index contributed by atoms with van der Waals surface area (Å²) in [7, 11) is 4.00. The second-order valence-electron chi connectivity index (χ2n) is 8.14. The Bertz CT molecular complexity index is 1090. The topological polar surface area (TPSA) is 70.6 Å². The van der Waals surface area contributed by atoms with Gasteiger partial charge in [-0.1, -0.05) is 12.1 Å². The highest BCUT2D eigenvalue weighted by molar-refractivity contribution is 7.13. The van der Waals surface area contributed by atoms with Crippen LogP contribution in [0.15, 0.2) is 41.8 Å². The number of hydrogen-bond donors (Lipinski definition) is 1. The Kier molecular flexibility index (Phi) is 5.11. The summed E-state index contributed by atoms with van der Waals surface area (Å²) in [4.78, 5) is 25.9. The zero-order chi connectivity index (χ0) is 21.5. The van der Waals surface area contributed by atoms with Crippen molar-refractivity contribution < 1.29 is 9.53 Å². The number of thiazole rings is 1. The fourth-order valence-electron chi connectivity index (χ4n) is 3.34. The average molecular weight is 424 g/mol. The van der Waals surface area contributed by atoms with Crippen LogP contribution in [0, 0.1) is 6.92 Å². The Morgan fingerprint density at radius 3 is 2.73 bits per heavy atom. The molecular formula is C22H25N5O2S. The number of aryl methyl sites for hydroxylation is 1. The van der Waals surface area contributed by atoms with Crippen LogP contribution < -0.4 is 19.9 Å². The minimum atomic E-state index is -0.531. The molecule has 2 aromatic heterocycles. The van der Waals surface area contributed by atoms with Gasteiger partial charge >= 0.3 is 6.03 Å². The Hall–Kier alpha value is -3.13. The number of carbonyl (C=O) groups excluding carboxylic acids is 1. The van der Waals surface area contributed by atoms with E-state index in [1.807, 2.05) is 75.5 Å². The van der Waals surface area contributed by atoms with E-state index in [0.29, 0.717) is 23.2 Å². The van der Waals surface area contributed by atoms with E-state index in [4.69, 9.17) is 9.72 Å². The number of aromatic nitrogens is 2. The van der Waals surface area contributed by atoms with Gasteiger partial charge in [-0.3, -0.25) is 10.2 Å². The number of benzene rings is 1. The minimum Gasteiger partial charge on any atom is -0.482 e. The Morgan fingerprint density at radius 1 is 1.23 bits per heavy atom. The number of nitrogens with zero attached hydrogens (tertiary/aromatic N) is 4. The third-order valence-electron chi connectivity index (χ3n) is 4.76. The normalized spacial score (nSPS) is 14.6. The van der Waals surface area contributed by atoms with Gasteiger partial charge in [-0.15, -0.1) is 11.3 Å². The summed E-state index contributed by atoms with van der Waals surface area (Å²) in [6.45, 7) is 6.19. The molecule has 0 radical (unpaired) electrons. The number of nitrogens with one attached hydrogen (secondary N) is 1. The van der Waals surface area contributed by atoms with E-state index in [0.717, 1.165) is 22.6 Å². The zero-order valence-corrected chi connectivity index (χ0v) is 18.6. The van der Waals surface area contributed by atoms with Crippen LogP contribution in [0.25, 0.3) is 11.3 Å². The number of amides is 2. The SMILES string of the molecule is Cc1csc(NC(=O)N2CC(C)(C)Oc3ccc(-c4cccc(N(C)C)c4)nc32)n1. The van der Waals surface area contributed by atoms with Gasteiger partial charge < -0.3 is 9.64 Å². The lowest BCUT2D eigenvalue weighted by Crippen LogP contribution is -2.51. The van der Waals surface area contributed by atoms with Gasteiger partial charge in [0.1, 0.15) is 5.60 Å². The lowest BCUT2D eigenvalue weighted by atomic mass is 10.1. The number of pyridine rings is 1. The van der Waals surface area contributed by atoms with Crippen LogP contribution in [0.2, 0.25) is 0 Å². The fourth-order valence-corrected chi connectivity index (χ4v) is 4.01. The lowest BCUT2D eigenvalue weighted by Gasteiger charge is -2.38. The summed E-state index contributed by atoms with van der Waals surface area (Å²) in [6.07, 6.45) is 0. The van der Waals surface area contributed by atoms with Gasteiger partial charge in [-0.2, -0.15) is 0 Å². The standard InChI is InChI=1S/C22H25N5O2S/c1-14-12-30-20(23-14)25-21(28)27-13-22(2,3)29-18-10-9-17(24-19(18)27)15-7-6-8-16(11-15)26(4)5/h6-12H,13H2,1-5H3,(H,23,25,28). The van der Waals surface area contributed by atoms with Crippen LogP contribution in [0.3, 0.4) is 0 Å².